The molecule has 0 spiro atoms. The van der Waals surface area contributed by atoms with Crippen LogP contribution in [0.3, 0.4) is 0 Å². The summed E-state index contributed by atoms with van der Waals surface area (Å²) in [5.41, 5.74) is 2.53. The molecule has 5 heteroatoms. The third-order valence-electron chi connectivity index (χ3n) is 1.48. The Labute approximate surface area is 80.4 Å². The largest absolute Gasteiger partial charge is 0.354 e. The van der Waals surface area contributed by atoms with E-state index in [1.54, 1.807) is 0 Å². The molecule has 4 N–H and O–H groups in total. The molecule has 0 saturated heterocycles. The maximum atomic E-state index is 5.27. The number of nitrogens with zero attached hydrogens (tertiary/aromatic N) is 2. The van der Waals surface area contributed by atoms with E-state index < -0.39 is 0 Å². The quantitative estimate of drug-likeness (QED) is 0.232. The molecule has 0 fully saturated rings. The molecule has 5 nitrogen and oxygen atoms in total. The van der Waals surface area contributed by atoms with E-state index in [1.807, 2.05) is 14.1 Å². The van der Waals surface area contributed by atoms with Crippen LogP contribution >= 0.6 is 0 Å². The van der Waals surface area contributed by atoms with E-state index in [0.717, 1.165) is 26.1 Å². The summed E-state index contributed by atoms with van der Waals surface area (Å²) < 4.78 is 0. The van der Waals surface area contributed by atoms with Crippen LogP contribution in [0, 0.1) is 0 Å². The lowest BCUT2D eigenvalue weighted by Crippen LogP contribution is -2.43. The van der Waals surface area contributed by atoms with Gasteiger partial charge in [-0.15, -0.1) is 0 Å². The number of guanidine groups is 1. The minimum Gasteiger partial charge on any atom is -0.354 e. The van der Waals surface area contributed by atoms with Gasteiger partial charge in [0.15, 0.2) is 0 Å². The number of rotatable bonds is 5. The van der Waals surface area contributed by atoms with Gasteiger partial charge >= 0.3 is 0 Å². The Morgan fingerprint density at radius 2 is 2.15 bits per heavy atom. The first-order valence-electron chi connectivity index (χ1n) is 4.60. The van der Waals surface area contributed by atoms with Gasteiger partial charge in [0.05, 0.1) is 0 Å². The Morgan fingerprint density at radius 3 is 2.62 bits per heavy atom. The second kappa shape index (κ2) is 7.82. The number of likely N-dealkylation sites (N-methyl/N-ethyl adjacent to an activating group) is 1. The highest BCUT2D eigenvalue weighted by Gasteiger charge is 1.94. The molecule has 0 amide bonds. The lowest BCUT2D eigenvalue weighted by atomic mass is 10.5. The molecule has 78 valence electrons. The van der Waals surface area contributed by atoms with Gasteiger partial charge in [0.2, 0.25) is 5.96 Å². The summed E-state index contributed by atoms with van der Waals surface area (Å²) in [6, 6.07) is 0. The van der Waals surface area contributed by atoms with E-state index in [9.17, 15) is 0 Å². The van der Waals surface area contributed by atoms with Crippen molar-refractivity contribution >= 4 is 5.96 Å². The van der Waals surface area contributed by atoms with Crippen molar-refractivity contribution in [2.45, 2.75) is 13.3 Å². The first-order valence-corrected chi connectivity index (χ1v) is 4.60. The van der Waals surface area contributed by atoms with Crippen molar-refractivity contribution < 1.29 is 0 Å². The molecule has 0 radical (unpaired) electrons. The second-order valence-corrected chi connectivity index (χ2v) is 3.10. The zero-order valence-electron chi connectivity index (χ0n) is 8.80. The Balaban J connectivity index is 3.59. The highest BCUT2D eigenvalue weighted by Crippen LogP contribution is 1.77. The topological polar surface area (TPSA) is 65.7 Å². The van der Waals surface area contributed by atoms with Crippen molar-refractivity contribution in [3.63, 3.8) is 0 Å². The van der Waals surface area contributed by atoms with Gasteiger partial charge in [-0.2, -0.15) is 0 Å². The van der Waals surface area contributed by atoms with Crippen molar-refractivity contribution in [3.05, 3.63) is 0 Å². The summed E-state index contributed by atoms with van der Waals surface area (Å²) in [5, 5.41) is 3.11. The number of aliphatic imine (C=N–C) groups is 1. The van der Waals surface area contributed by atoms with Gasteiger partial charge < -0.3 is 10.2 Å². The summed E-state index contributed by atoms with van der Waals surface area (Å²) in [7, 11) is 4.06. The molecule has 0 rings (SSSR count). The van der Waals surface area contributed by atoms with Crippen LogP contribution in [0.25, 0.3) is 0 Å². The highest BCUT2D eigenvalue weighted by atomic mass is 15.3. The summed E-state index contributed by atoms with van der Waals surface area (Å²) in [4.78, 5) is 6.31. The standard InChI is InChI=1S/C8H21N5/c1-4-5-10-8(12-9)11-6-7-13(2)3/h4-7,9H2,1-3H3,(H2,10,11,12). The predicted octanol–water partition coefficient (Wildman–Crippen LogP) is -0.633. The minimum absolute atomic E-state index is 0.670. The number of hydrogen-bond donors (Lipinski definition) is 3. The maximum absolute atomic E-state index is 5.27. The molecule has 0 aliphatic heterocycles. The van der Waals surface area contributed by atoms with Crippen LogP contribution in [0.1, 0.15) is 13.3 Å². The molecule has 0 aromatic carbocycles. The molecule has 0 aromatic rings. The third kappa shape index (κ3) is 7.55. The predicted molar refractivity (Wildman–Crippen MR) is 56.5 cm³/mol. The zero-order chi connectivity index (χ0) is 10.1. The third-order valence-corrected chi connectivity index (χ3v) is 1.48. The van der Waals surface area contributed by atoms with Gasteiger partial charge in [-0.1, -0.05) is 6.92 Å². The summed E-state index contributed by atoms with van der Waals surface area (Å²) in [6.07, 6.45) is 1.03. The summed E-state index contributed by atoms with van der Waals surface area (Å²) in [6.45, 7) is 4.69. The molecular formula is C8H21N5. The van der Waals surface area contributed by atoms with Crippen molar-refractivity contribution in [2.75, 3.05) is 33.7 Å². The molecule has 0 atom stereocenters. The molecule has 0 bridgehead atoms. The van der Waals surface area contributed by atoms with Gasteiger partial charge in [0.25, 0.3) is 0 Å². The van der Waals surface area contributed by atoms with Gasteiger partial charge in [-0.05, 0) is 20.5 Å². The number of nitrogens with two attached hydrogens (primary N) is 1. The van der Waals surface area contributed by atoms with Crippen molar-refractivity contribution in [1.82, 2.24) is 15.6 Å². The summed E-state index contributed by atoms with van der Waals surface area (Å²) in [5.74, 6) is 5.94. The van der Waals surface area contributed by atoms with Crippen LogP contribution in [0.5, 0.6) is 0 Å². The highest BCUT2D eigenvalue weighted by molar-refractivity contribution is 5.79. The normalized spacial score (nSPS) is 11.9. The zero-order valence-corrected chi connectivity index (χ0v) is 8.80. The molecule has 0 aromatic heterocycles. The van der Waals surface area contributed by atoms with Crippen LogP contribution in [0.4, 0.5) is 0 Å². The van der Waals surface area contributed by atoms with Crippen LogP contribution in [0.15, 0.2) is 4.99 Å². The Bertz CT molecular complexity index is 143. The lowest BCUT2D eigenvalue weighted by Gasteiger charge is -2.12. The fraction of sp³-hybridized carbons (Fsp3) is 0.875. The second-order valence-electron chi connectivity index (χ2n) is 3.10. The first-order chi connectivity index (χ1) is 6.20. The van der Waals surface area contributed by atoms with E-state index in [0.29, 0.717) is 5.96 Å². The van der Waals surface area contributed by atoms with Crippen LogP contribution in [-0.4, -0.2) is 44.6 Å². The number of hydrazine groups is 1. The Morgan fingerprint density at radius 1 is 1.46 bits per heavy atom. The van der Waals surface area contributed by atoms with E-state index in [1.165, 1.54) is 0 Å². The SMILES string of the molecule is CCCN=C(NN)NCCN(C)C. The van der Waals surface area contributed by atoms with Crippen LogP contribution in [-0.2, 0) is 0 Å². The van der Waals surface area contributed by atoms with Crippen molar-refractivity contribution in [3.8, 4) is 0 Å². The Hall–Kier alpha value is -0.810. The van der Waals surface area contributed by atoms with Gasteiger partial charge in [-0.3, -0.25) is 10.4 Å². The molecule has 0 aliphatic carbocycles. The minimum atomic E-state index is 0.670. The molecule has 0 unspecified atom stereocenters. The molecule has 0 aliphatic rings. The molecular weight excluding hydrogens is 166 g/mol. The van der Waals surface area contributed by atoms with Crippen molar-refractivity contribution in [2.24, 2.45) is 10.8 Å². The number of nitrogens with one attached hydrogen (secondary N) is 2. The maximum Gasteiger partial charge on any atom is 0.205 e. The van der Waals surface area contributed by atoms with E-state index in [4.69, 9.17) is 5.84 Å². The van der Waals surface area contributed by atoms with Gasteiger partial charge in [0, 0.05) is 19.6 Å². The number of hydrogen-bond acceptors (Lipinski definition) is 3. The van der Waals surface area contributed by atoms with E-state index in [-0.39, 0.29) is 0 Å². The fourth-order valence-electron chi connectivity index (χ4n) is 0.774. The average Bonchev–Trinajstić information content (AvgIpc) is 2.10. The smallest absolute Gasteiger partial charge is 0.205 e. The van der Waals surface area contributed by atoms with Crippen LogP contribution in [0.2, 0.25) is 0 Å². The van der Waals surface area contributed by atoms with Crippen LogP contribution < -0.4 is 16.6 Å². The monoisotopic (exact) mass is 187 g/mol. The molecule has 0 heterocycles. The fourth-order valence-corrected chi connectivity index (χ4v) is 0.774. The van der Waals surface area contributed by atoms with Gasteiger partial charge in [0.1, 0.15) is 0 Å². The first kappa shape index (κ1) is 12.2. The molecule has 0 saturated carbocycles. The molecule has 13 heavy (non-hydrogen) atoms. The summed E-state index contributed by atoms with van der Waals surface area (Å²) >= 11 is 0. The van der Waals surface area contributed by atoms with Gasteiger partial charge in [-0.25, -0.2) is 5.84 Å². The lowest BCUT2D eigenvalue weighted by molar-refractivity contribution is 0.412. The van der Waals surface area contributed by atoms with Crippen molar-refractivity contribution in [1.29, 1.82) is 0 Å². The average molecular weight is 187 g/mol. The van der Waals surface area contributed by atoms with E-state index >= 15 is 0 Å². The Kier molecular flexibility index (Phi) is 7.33. The van der Waals surface area contributed by atoms with E-state index in [2.05, 4.69) is 27.6 Å².